The predicted octanol–water partition coefficient (Wildman–Crippen LogP) is 4.52. The lowest BCUT2D eigenvalue weighted by Crippen LogP contribution is -2.20. The van der Waals surface area contributed by atoms with Gasteiger partial charge in [-0.05, 0) is 37.6 Å². The third kappa shape index (κ3) is 3.39. The molecule has 6 nitrogen and oxygen atoms in total. The van der Waals surface area contributed by atoms with Crippen molar-refractivity contribution in [3.63, 3.8) is 0 Å². The van der Waals surface area contributed by atoms with E-state index >= 15 is 0 Å². The zero-order valence-electron chi connectivity index (χ0n) is 15.7. The molecule has 4 rings (SSSR count). The van der Waals surface area contributed by atoms with Gasteiger partial charge >= 0.3 is 0 Å². The summed E-state index contributed by atoms with van der Waals surface area (Å²) >= 11 is 6.46. The van der Waals surface area contributed by atoms with Gasteiger partial charge in [-0.15, -0.1) is 0 Å². The summed E-state index contributed by atoms with van der Waals surface area (Å²) in [5.41, 5.74) is 3.92. The molecule has 0 atom stereocenters. The van der Waals surface area contributed by atoms with Gasteiger partial charge in [0.1, 0.15) is 5.69 Å². The van der Waals surface area contributed by atoms with Gasteiger partial charge in [-0.2, -0.15) is 5.10 Å². The van der Waals surface area contributed by atoms with Crippen molar-refractivity contribution in [2.24, 2.45) is 0 Å². The Morgan fingerprint density at radius 1 is 1.14 bits per heavy atom. The number of anilines is 1. The fourth-order valence-corrected chi connectivity index (χ4v) is 3.56. The topological polar surface area (TPSA) is 64.7 Å². The number of carbonyl (C=O) groups excluding carboxylic acids is 1. The van der Waals surface area contributed by atoms with Gasteiger partial charge in [0.2, 0.25) is 5.95 Å². The highest BCUT2D eigenvalue weighted by molar-refractivity contribution is 6.35. The molecule has 0 saturated heterocycles. The van der Waals surface area contributed by atoms with Gasteiger partial charge in [0.05, 0.1) is 28.3 Å². The smallest absolute Gasteiger partial charge is 0.276 e. The molecule has 0 saturated carbocycles. The number of carbonyl (C=O) groups is 1. The molecule has 2 aromatic heterocycles. The highest BCUT2D eigenvalue weighted by Gasteiger charge is 2.19. The van der Waals surface area contributed by atoms with Crippen LogP contribution in [0.2, 0.25) is 5.02 Å². The molecule has 2 heterocycles. The van der Waals surface area contributed by atoms with E-state index < -0.39 is 0 Å². The minimum atomic E-state index is -0.247. The molecule has 0 radical (unpaired) electrons. The van der Waals surface area contributed by atoms with Crippen molar-refractivity contribution < 1.29 is 4.79 Å². The minimum absolute atomic E-state index is 0.247. The number of amides is 1. The summed E-state index contributed by atoms with van der Waals surface area (Å²) in [5, 5.41) is 7.89. The normalized spacial score (nSPS) is 11.1. The van der Waals surface area contributed by atoms with Gasteiger partial charge in [-0.3, -0.25) is 14.8 Å². The minimum Gasteiger partial charge on any atom is -0.304 e. The third-order valence-corrected chi connectivity index (χ3v) is 4.87. The Bertz CT molecular complexity index is 1150. The van der Waals surface area contributed by atoms with Crippen LogP contribution in [0.25, 0.3) is 11.0 Å². The van der Waals surface area contributed by atoms with Crippen molar-refractivity contribution in [3.8, 4) is 0 Å². The van der Waals surface area contributed by atoms with Crippen molar-refractivity contribution in [1.29, 1.82) is 0 Å². The number of aromatic nitrogens is 4. The van der Waals surface area contributed by atoms with E-state index in [1.165, 1.54) is 0 Å². The Morgan fingerprint density at radius 3 is 2.68 bits per heavy atom. The molecular weight excluding hydrogens is 374 g/mol. The molecule has 0 bridgehead atoms. The molecule has 0 aliphatic rings. The first-order valence-electron chi connectivity index (χ1n) is 9.11. The van der Waals surface area contributed by atoms with Crippen molar-refractivity contribution in [1.82, 2.24) is 19.3 Å². The average molecular weight is 394 g/mol. The summed E-state index contributed by atoms with van der Waals surface area (Å²) in [5.74, 6) is 0.210. The monoisotopic (exact) mass is 393 g/mol. The number of para-hydroxylation sites is 1. The highest BCUT2D eigenvalue weighted by Crippen LogP contribution is 2.28. The Kier molecular flexibility index (Phi) is 4.88. The van der Waals surface area contributed by atoms with E-state index in [1.807, 2.05) is 66.9 Å². The summed E-state index contributed by atoms with van der Waals surface area (Å²) < 4.78 is 3.62. The summed E-state index contributed by atoms with van der Waals surface area (Å²) in [4.78, 5) is 17.5. The van der Waals surface area contributed by atoms with Crippen LogP contribution in [0.1, 0.15) is 28.7 Å². The Hall–Kier alpha value is -3.12. The average Bonchev–Trinajstić information content (AvgIpc) is 3.24. The molecule has 0 aliphatic carbocycles. The molecule has 0 aliphatic heterocycles. The van der Waals surface area contributed by atoms with E-state index in [2.05, 4.69) is 15.4 Å². The summed E-state index contributed by atoms with van der Waals surface area (Å²) in [7, 11) is 0. The number of nitrogens with zero attached hydrogens (tertiary/aromatic N) is 4. The van der Waals surface area contributed by atoms with Gasteiger partial charge in [0.15, 0.2) is 0 Å². The fraction of sp³-hybridized carbons (Fsp3) is 0.190. The van der Waals surface area contributed by atoms with Gasteiger partial charge in [-0.1, -0.05) is 48.0 Å². The lowest BCUT2D eigenvalue weighted by Gasteiger charge is -2.11. The lowest BCUT2D eigenvalue weighted by molar-refractivity contribution is 0.101. The molecule has 0 unspecified atom stereocenters. The van der Waals surface area contributed by atoms with E-state index in [0.29, 0.717) is 29.8 Å². The third-order valence-electron chi connectivity index (χ3n) is 4.56. The number of hydrogen-bond acceptors (Lipinski definition) is 3. The van der Waals surface area contributed by atoms with E-state index in [1.54, 1.807) is 10.7 Å². The molecule has 0 spiro atoms. The largest absolute Gasteiger partial charge is 0.304 e. The van der Waals surface area contributed by atoms with Crippen LogP contribution in [0, 0.1) is 6.92 Å². The van der Waals surface area contributed by atoms with Gasteiger partial charge in [0.25, 0.3) is 5.91 Å². The summed E-state index contributed by atoms with van der Waals surface area (Å²) in [6.45, 7) is 4.98. The maximum Gasteiger partial charge on any atom is 0.276 e. The Balaban J connectivity index is 1.77. The standard InChI is InChI=1S/C21H20ClN5O/c1-3-27-18(12-14(2)25-27)20(28)24-21-23-17-11-7-10-16(22)19(17)26(21)13-15-8-5-4-6-9-15/h4-12H,3,13H2,1-2H3,(H,23,24,28). The van der Waals surface area contributed by atoms with Crippen molar-refractivity contribution >= 4 is 34.5 Å². The maximum absolute atomic E-state index is 12.9. The highest BCUT2D eigenvalue weighted by atomic mass is 35.5. The molecule has 7 heteroatoms. The van der Waals surface area contributed by atoms with Crippen LogP contribution in [0.15, 0.2) is 54.6 Å². The zero-order chi connectivity index (χ0) is 19.7. The summed E-state index contributed by atoms with van der Waals surface area (Å²) in [6, 6.07) is 17.3. The quantitative estimate of drug-likeness (QED) is 0.542. The number of halogens is 1. The first-order chi connectivity index (χ1) is 13.6. The number of fused-ring (bicyclic) bond motifs is 1. The van der Waals surface area contributed by atoms with E-state index in [-0.39, 0.29) is 5.91 Å². The maximum atomic E-state index is 12.9. The number of nitrogens with one attached hydrogen (secondary N) is 1. The molecule has 2 aromatic carbocycles. The fourth-order valence-electron chi connectivity index (χ4n) is 3.29. The first kappa shape index (κ1) is 18.3. The molecule has 1 N–H and O–H groups in total. The van der Waals surface area contributed by atoms with Crippen LogP contribution in [-0.4, -0.2) is 25.2 Å². The van der Waals surface area contributed by atoms with Crippen molar-refractivity contribution in [2.45, 2.75) is 26.9 Å². The Morgan fingerprint density at radius 2 is 1.93 bits per heavy atom. The lowest BCUT2D eigenvalue weighted by atomic mass is 10.2. The molecule has 28 heavy (non-hydrogen) atoms. The zero-order valence-corrected chi connectivity index (χ0v) is 16.4. The summed E-state index contributed by atoms with van der Waals surface area (Å²) in [6.07, 6.45) is 0. The van der Waals surface area contributed by atoms with Crippen LogP contribution in [-0.2, 0) is 13.1 Å². The predicted molar refractivity (Wildman–Crippen MR) is 111 cm³/mol. The van der Waals surface area contributed by atoms with Crippen LogP contribution < -0.4 is 5.32 Å². The van der Waals surface area contributed by atoms with Gasteiger partial charge in [-0.25, -0.2) is 4.98 Å². The Labute approximate surface area is 167 Å². The van der Waals surface area contributed by atoms with Crippen molar-refractivity contribution in [2.75, 3.05) is 5.32 Å². The van der Waals surface area contributed by atoms with E-state index in [9.17, 15) is 4.79 Å². The number of hydrogen-bond donors (Lipinski definition) is 1. The number of imidazole rings is 1. The number of benzene rings is 2. The molecule has 4 aromatic rings. The van der Waals surface area contributed by atoms with Gasteiger partial charge < -0.3 is 4.57 Å². The number of aryl methyl sites for hydroxylation is 2. The van der Waals surface area contributed by atoms with E-state index in [4.69, 9.17) is 11.6 Å². The molecular formula is C21H20ClN5O. The first-order valence-corrected chi connectivity index (χ1v) is 9.49. The SMILES string of the molecule is CCn1nc(C)cc1C(=O)Nc1nc2cccc(Cl)c2n1Cc1ccccc1. The van der Waals surface area contributed by atoms with Crippen LogP contribution in [0.4, 0.5) is 5.95 Å². The van der Waals surface area contributed by atoms with Crippen molar-refractivity contribution in [3.05, 3.63) is 76.6 Å². The van der Waals surface area contributed by atoms with Crippen LogP contribution in [0.5, 0.6) is 0 Å². The van der Waals surface area contributed by atoms with E-state index in [0.717, 1.165) is 22.3 Å². The second-order valence-electron chi connectivity index (χ2n) is 6.56. The molecule has 1 amide bonds. The second kappa shape index (κ2) is 7.48. The second-order valence-corrected chi connectivity index (χ2v) is 6.96. The number of rotatable bonds is 5. The molecule has 0 fully saturated rings. The molecule has 142 valence electrons. The van der Waals surface area contributed by atoms with Crippen LogP contribution in [0.3, 0.4) is 0 Å². The van der Waals surface area contributed by atoms with Crippen LogP contribution >= 0.6 is 11.6 Å². The van der Waals surface area contributed by atoms with Gasteiger partial charge in [0, 0.05) is 6.54 Å².